The molecule has 3 rings (SSSR count). The van der Waals surface area contributed by atoms with Crippen LogP contribution in [0.5, 0.6) is 0 Å². The van der Waals surface area contributed by atoms with Crippen LogP contribution < -0.4 is 0 Å². The number of nitrogens with zero attached hydrogens (tertiary/aromatic N) is 2. The predicted molar refractivity (Wildman–Crippen MR) is 89.1 cm³/mol. The highest BCUT2D eigenvalue weighted by atomic mass is 32.1. The summed E-state index contributed by atoms with van der Waals surface area (Å²) < 4.78 is 6.03. The van der Waals surface area contributed by atoms with Gasteiger partial charge in [0, 0.05) is 43.5 Å². The van der Waals surface area contributed by atoms with Gasteiger partial charge in [0.15, 0.2) is 0 Å². The second kappa shape index (κ2) is 7.40. The van der Waals surface area contributed by atoms with Gasteiger partial charge in [0.05, 0.1) is 19.1 Å². The first-order chi connectivity index (χ1) is 10.8. The van der Waals surface area contributed by atoms with Gasteiger partial charge in [-0.3, -0.25) is 9.69 Å². The number of carbonyl (C=O) groups is 1. The van der Waals surface area contributed by atoms with E-state index in [0.717, 1.165) is 50.6 Å². The van der Waals surface area contributed by atoms with Gasteiger partial charge in [0.1, 0.15) is 0 Å². The number of fused-ring (bicyclic) bond motifs is 1. The molecule has 120 valence electrons. The number of hydrogen-bond acceptors (Lipinski definition) is 4. The molecule has 0 saturated carbocycles. The molecule has 5 heteroatoms. The van der Waals surface area contributed by atoms with Gasteiger partial charge in [0.25, 0.3) is 0 Å². The lowest BCUT2D eigenvalue weighted by molar-refractivity contribution is -0.136. The second-order valence-electron chi connectivity index (χ2n) is 6.10. The summed E-state index contributed by atoms with van der Waals surface area (Å²) in [7, 11) is 0. The summed E-state index contributed by atoms with van der Waals surface area (Å²) >= 11 is 1.65. The molecule has 0 N–H and O–H groups in total. The van der Waals surface area contributed by atoms with Crippen LogP contribution in [0.25, 0.3) is 0 Å². The Labute approximate surface area is 136 Å². The topological polar surface area (TPSA) is 32.8 Å². The monoisotopic (exact) mass is 320 g/mol. The lowest BCUT2D eigenvalue weighted by Crippen LogP contribution is -2.49. The molecular formula is C17H24N2O2S. The van der Waals surface area contributed by atoms with Gasteiger partial charge < -0.3 is 9.64 Å². The van der Waals surface area contributed by atoms with Crippen LogP contribution >= 0.6 is 11.3 Å². The van der Waals surface area contributed by atoms with Crippen molar-refractivity contribution < 1.29 is 9.53 Å². The standard InChI is InChI=1S/C17H24N2O2S/c1-2-6-18-8-9-21-16-13-19(7-5-14(16)12-18)17(20)11-15-4-3-10-22-15/h2-4,10,14,16H,1,5-9,11-13H2/t14-,16-/m0/s1. The molecule has 2 aliphatic rings. The zero-order chi connectivity index (χ0) is 15.4. The van der Waals surface area contributed by atoms with Crippen molar-refractivity contribution in [2.24, 2.45) is 5.92 Å². The maximum atomic E-state index is 12.4. The van der Waals surface area contributed by atoms with Gasteiger partial charge >= 0.3 is 0 Å². The molecule has 0 aromatic carbocycles. The van der Waals surface area contributed by atoms with Crippen molar-refractivity contribution in [1.29, 1.82) is 0 Å². The number of piperidine rings is 1. The van der Waals surface area contributed by atoms with Crippen LogP contribution in [0.4, 0.5) is 0 Å². The van der Waals surface area contributed by atoms with Crippen molar-refractivity contribution in [2.45, 2.75) is 18.9 Å². The third kappa shape index (κ3) is 3.77. The van der Waals surface area contributed by atoms with Gasteiger partial charge in [0.2, 0.25) is 5.91 Å². The molecule has 0 bridgehead atoms. The Hall–Kier alpha value is -1.17. The molecule has 2 aliphatic heterocycles. The average molecular weight is 320 g/mol. The van der Waals surface area contributed by atoms with E-state index in [0.29, 0.717) is 12.3 Å². The smallest absolute Gasteiger partial charge is 0.227 e. The van der Waals surface area contributed by atoms with Crippen molar-refractivity contribution in [1.82, 2.24) is 9.80 Å². The lowest BCUT2D eigenvalue weighted by atomic mass is 9.93. The summed E-state index contributed by atoms with van der Waals surface area (Å²) in [5, 5.41) is 2.03. The van der Waals surface area contributed by atoms with E-state index < -0.39 is 0 Å². The largest absolute Gasteiger partial charge is 0.375 e. The van der Waals surface area contributed by atoms with Gasteiger partial charge in [-0.15, -0.1) is 17.9 Å². The third-order valence-corrected chi connectivity index (χ3v) is 5.45. The SMILES string of the molecule is C=CCN1CCO[C@H]2CN(C(=O)Cc3cccs3)CC[C@H]2C1. The maximum Gasteiger partial charge on any atom is 0.227 e. The average Bonchev–Trinajstić information content (AvgIpc) is 2.93. The molecule has 1 aromatic rings. The highest BCUT2D eigenvalue weighted by molar-refractivity contribution is 7.10. The number of amides is 1. The van der Waals surface area contributed by atoms with E-state index >= 15 is 0 Å². The van der Waals surface area contributed by atoms with E-state index in [1.807, 2.05) is 28.5 Å². The third-order valence-electron chi connectivity index (χ3n) is 4.57. The molecule has 0 aliphatic carbocycles. The second-order valence-corrected chi connectivity index (χ2v) is 7.13. The van der Waals surface area contributed by atoms with E-state index in [2.05, 4.69) is 11.5 Å². The molecule has 1 amide bonds. The van der Waals surface area contributed by atoms with Gasteiger partial charge in [-0.1, -0.05) is 12.1 Å². The van der Waals surface area contributed by atoms with E-state index in [4.69, 9.17) is 4.74 Å². The summed E-state index contributed by atoms with van der Waals surface area (Å²) in [6, 6.07) is 4.03. The molecule has 2 saturated heterocycles. The fourth-order valence-corrected chi connectivity index (χ4v) is 4.06. The minimum Gasteiger partial charge on any atom is -0.375 e. The molecular weight excluding hydrogens is 296 g/mol. The van der Waals surface area contributed by atoms with Gasteiger partial charge in [-0.25, -0.2) is 0 Å². The fourth-order valence-electron chi connectivity index (χ4n) is 3.37. The quantitative estimate of drug-likeness (QED) is 0.796. The molecule has 0 unspecified atom stereocenters. The zero-order valence-corrected chi connectivity index (χ0v) is 13.8. The van der Waals surface area contributed by atoms with E-state index in [1.165, 1.54) is 0 Å². The molecule has 0 spiro atoms. The number of thiophene rings is 1. The molecule has 4 nitrogen and oxygen atoms in total. The molecule has 2 fully saturated rings. The van der Waals surface area contributed by atoms with E-state index in [1.54, 1.807) is 11.3 Å². The van der Waals surface area contributed by atoms with E-state index in [-0.39, 0.29) is 12.0 Å². The lowest BCUT2D eigenvalue weighted by Gasteiger charge is -2.38. The van der Waals surface area contributed by atoms with Crippen LogP contribution in [-0.2, 0) is 16.0 Å². The first-order valence-corrected chi connectivity index (χ1v) is 8.89. The Morgan fingerprint density at radius 2 is 2.36 bits per heavy atom. The highest BCUT2D eigenvalue weighted by Gasteiger charge is 2.34. The number of carbonyl (C=O) groups excluding carboxylic acids is 1. The normalized spacial score (nSPS) is 26.3. The van der Waals surface area contributed by atoms with Crippen molar-refractivity contribution >= 4 is 17.2 Å². The Balaban J connectivity index is 1.56. The minimum atomic E-state index is 0.191. The zero-order valence-electron chi connectivity index (χ0n) is 12.9. The molecule has 3 heterocycles. The number of likely N-dealkylation sites (tertiary alicyclic amines) is 1. The highest BCUT2D eigenvalue weighted by Crippen LogP contribution is 2.25. The minimum absolute atomic E-state index is 0.191. The Bertz CT molecular complexity index is 503. The molecule has 1 aromatic heterocycles. The van der Waals surface area contributed by atoms with Crippen LogP contribution in [0.1, 0.15) is 11.3 Å². The van der Waals surface area contributed by atoms with Gasteiger partial charge in [-0.2, -0.15) is 0 Å². The Morgan fingerprint density at radius 3 is 3.14 bits per heavy atom. The first-order valence-electron chi connectivity index (χ1n) is 8.01. The summed E-state index contributed by atoms with van der Waals surface area (Å²) in [5.74, 6) is 0.768. The van der Waals surface area contributed by atoms with Crippen molar-refractivity contribution in [3.8, 4) is 0 Å². The molecule has 22 heavy (non-hydrogen) atoms. The van der Waals surface area contributed by atoms with Crippen LogP contribution in [0.15, 0.2) is 30.2 Å². The van der Waals surface area contributed by atoms with Crippen LogP contribution in [0, 0.1) is 5.92 Å². The summed E-state index contributed by atoms with van der Waals surface area (Å²) in [4.78, 5) is 18.0. The van der Waals surface area contributed by atoms with Gasteiger partial charge in [-0.05, 0) is 17.9 Å². The number of ether oxygens (including phenoxy) is 1. The fraction of sp³-hybridized carbons (Fsp3) is 0.588. The van der Waals surface area contributed by atoms with Crippen LogP contribution in [0.3, 0.4) is 0 Å². The maximum absolute atomic E-state index is 12.4. The summed E-state index contributed by atoms with van der Waals surface area (Å²) in [6.07, 6.45) is 3.71. The Kier molecular flexibility index (Phi) is 5.28. The van der Waals surface area contributed by atoms with Crippen LogP contribution in [-0.4, -0.2) is 61.1 Å². The summed E-state index contributed by atoms with van der Waals surface area (Å²) in [5.41, 5.74) is 0. The number of rotatable bonds is 4. The predicted octanol–water partition coefficient (Wildman–Crippen LogP) is 2.03. The molecule has 0 radical (unpaired) electrons. The molecule has 2 atom stereocenters. The van der Waals surface area contributed by atoms with Crippen molar-refractivity contribution in [2.75, 3.05) is 39.3 Å². The van der Waals surface area contributed by atoms with Crippen molar-refractivity contribution in [3.63, 3.8) is 0 Å². The van der Waals surface area contributed by atoms with Crippen LogP contribution in [0.2, 0.25) is 0 Å². The Morgan fingerprint density at radius 1 is 1.45 bits per heavy atom. The van der Waals surface area contributed by atoms with E-state index in [9.17, 15) is 4.79 Å². The number of hydrogen-bond donors (Lipinski definition) is 0. The van der Waals surface area contributed by atoms with Crippen molar-refractivity contribution in [3.05, 3.63) is 35.0 Å². The summed E-state index contributed by atoms with van der Waals surface area (Å²) in [6.45, 7) is 9.13. The first kappa shape index (κ1) is 15.7.